The van der Waals surface area contributed by atoms with Crippen molar-refractivity contribution in [3.63, 3.8) is 0 Å². The van der Waals surface area contributed by atoms with E-state index in [0.29, 0.717) is 6.04 Å². The minimum atomic E-state index is 0.564. The molecule has 0 spiro atoms. The Morgan fingerprint density at radius 3 is 2.61 bits per heavy atom. The van der Waals surface area contributed by atoms with Crippen LogP contribution in [0.25, 0.3) is 0 Å². The number of hydrogen-bond acceptors (Lipinski definition) is 3. The number of halogens is 1. The van der Waals surface area contributed by atoms with Crippen molar-refractivity contribution >= 4 is 23.4 Å². The average Bonchev–Trinajstić information content (AvgIpc) is 2.43. The summed E-state index contributed by atoms with van der Waals surface area (Å²) in [4.78, 5) is 1.28. The van der Waals surface area contributed by atoms with Gasteiger partial charge in [0.15, 0.2) is 0 Å². The van der Waals surface area contributed by atoms with Crippen molar-refractivity contribution in [2.45, 2.75) is 23.8 Å². The lowest BCUT2D eigenvalue weighted by Gasteiger charge is -2.29. The Labute approximate surface area is 118 Å². The second kappa shape index (κ2) is 7.39. The number of thioether (sulfide) groups is 1. The highest BCUT2D eigenvalue weighted by Crippen LogP contribution is 2.26. The van der Waals surface area contributed by atoms with Crippen LogP contribution in [-0.4, -0.2) is 32.1 Å². The number of nitrogens with one attached hydrogen (secondary N) is 1. The average molecular weight is 286 g/mol. The normalized spacial score (nSPS) is 18.8. The van der Waals surface area contributed by atoms with Crippen molar-refractivity contribution in [1.29, 1.82) is 0 Å². The second-order valence-electron chi connectivity index (χ2n) is 4.61. The molecule has 0 saturated carbocycles. The molecule has 0 bridgehead atoms. The van der Waals surface area contributed by atoms with Crippen LogP contribution >= 0.6 is 23.4 Å². The van der Waals surface area contributed by atoms with E-state index in [1.807, 2.05) is 23.9 Å². The Morgan fingerprint density at radius 1 is 1.33 bits per heavy atom. The highest BCUT2D eigenvalue weighted by molar-refractivity contribution is 7.99. The first-order valence-electron chi connectivity index (χ1n) is 6.43. The maximum Gasteiger partial charge on any atom is 0.0469 e. The first-order chi connectivity index (χ1) is 8.79. The molecule has 2 rings (SSSR count). The van der Waals surface area contributed by atoms with Crippen LogP contribution in [0.2, 0.25) is 5.02 Å². The Morgan fingerprint density at radius 2 is 2.00 bits per heavy atom. The predicted molar refractivity (Wildman–Crippen MR) is 78.6 cm³/mol. The minimum Gasteiger partial charge on any atom is -0.381 e. The van der Waals surface area contributed by atoms with E-state index in [9.17, 15) is 0 Å². The maximum atomic E-state index is 5.89. The standard InChI is InChI=1S/C14H20ClNOS/c1-16-14(11-6-8-17-9-7-11)10-18-13-4-2-12(15)3-5-13/h2-5,11,14,16H,6-10H2,1H3. The molecule has 1 aromatic carbocycles. The molecule has 0 radical (unpaired) electrons. The molecule has 0 aliphatic carbocycles. The van der Waals surface area contributed by atoms with Gasteiger partial charge in [-0.1, -0.05) is 11.6 Å². The van der Waals surface area contributed by atoms with Crippen LogP contribution in [0.4, 0.5) is 0 Å². The summed E-state index contributed by atoms with van der Waals surface area (Å²) in [6.07, 6.45) is 2.35. The number of rotatable bonds is 5. The molecular weight excluding hydrogens is 266 g/mol. The smallest absolute Gasteiger partial charge is 0.0469 e. The summed E-state index contributed by atoms with van der Waals surface area (Å²) in [7, 11) is 2.06. The lowest BCUT2D eigenvalue weighted by atomic mass is 9.93. The van der Waals surface area contributed by atoms with E-state index in [1.165, 1.54) is 17.7 Å². The van der Waals surface area contributed by atoms with Gasteiger partial charge in [-0.3, -0.25) is 0 Å². The largest absolute Gasteiger partial charge is 0.381 e. The number of benzene rings is 1. The molecule has 1 saturated heterocycles. The van der Waals surface area contributed by atoms with E-state index in [4.69, 9.17) is 16.3 Å². The Hall–Kier alpha value is -0.220. The molecule has 1 N–H and O–H groups in total. The summed E-state index contributed by atoms with van der Waals surface area (Å²) in [5.74, 6) is 1.84. The van der Waals surface area contributed by atoms with Gasteiger partial charge < -0.3 is 10.1 Å². The van der Waals surface area contributed by atoms with E-state index in [1.54, 1.807) is 0 Å². The monoisotopic (exact) mass is 285 g/mol. The van der Waals surface area contributed by atoms with Crippen LogP contribution in [-0.2, 0) is 4.74 Å². The van der Waals surface area contributed by atoms with Crippen LogP contribution in [0.15, 0.2) is 29.2 Å². The van der Waals surface area contributed by atoms with Gasteiger partial charge in [0.05, 0.1) is 0 Å². The van der Waals surface area contributed by atoms with Gasteiger partial charge in [0, 0.05) is 34.9 Å². The fourth-order valence-electron chi connectivity index (χ4n) is 2.29. The molecule has 4 heteroatoms. The zero-order valence-corrected chi connectivity index (χ0v) is 12.3. The summed E-state index contributed by atoms with van der Waals surface area (Å²) in [6, 6.07) is 8.64. The summed E-state index contributed by atoms with van der Waals surface area (Å²) < 4.78 is 5.42. The molecule has 1 aromatic rings. The molecule has 18 heavy (non-hydrogen) atoms. The molecule has 1 fully saturated rings. The van der Waals surface area contributed by atoms with Crippen molar-refractivity contribution in [2.75, 3.05) is 26.0 Å². The molecule has 0 amide bonds. The van der Waals surface area contributed by atoms with E-state index >= 15 is 0 Å². The molecule has 1 aliphatic rings. The fraction of sp³-hybridized carbons (Fsp3) is 0.571. The van der Waals surface area contributed by atoms with Crippen molar-refractivity contribution in [3.05, 3.63) is 29.3 Å². The van der Waals surface area contributed by atoms with Crippen LogP contribution < -0.4 is 5.32 Å². The minimum absolute atomic E-state index is 0.564. The van der Waals surface area contributed by atoms with E-state index in [-0.39, 0.29) is 0 Å². The molecule has 1 unspecified atom stereocenters. The van der Waals surface area contributed by atoms with Gasteiger partial charge in [0.2, 0.25) is 0 Å². The quantitative estimate of drug-likeness (QED) is 0.838. The molecule has 1 atom stereocenters. The van der Waals surface area contributed by atoms with Crippen molar-refractivity contribution in [2.24, 2.45) is 5.92 Å². The molecule has 1 aliphatic heterocycles. The third-order valence-electron chi connectivity index (χ3n) is 3.45. The van der Waals surface area contributed by atoms with Crippen LogP contribution in [0, 0.1) is 5.92 Å². The molecular formula is C14H20ClNOS. The van der Waals surface area contributed by atoms with Crippen LogP contribution in [0.5, 0.6) is 0 Å². The van der Waals surface area contributed by atoms with Gasteiger partial charge in [-0.25, -0.2) is 0 Å². The Kier molecular flexibility index (Phi) is 5.83. The Balaban J connectivity index is 1.84. The van der Waals surface area contributed by atoms with E-state index in [2.05, 4.69) is 24.5 Å². The maximum absolute atomic E-state index is 5.89. The molecule has 1 heterocycles. The van der Waals surface area contributed by atoms with Crippen LogP contribution in [0.1, 0.15) is 12.8 Å². The van der Waals surface area contributed by atoms with Gasteiger partial charge in [-0.15, -0.1) is 11.8 Å². The third kappa shape index (κ3) is 4.16. The van der Waals surface area contributed by atoms with Crippen molar-refractivity contribution < 1.29 is 4.74 Å². The molecule has 100 valence electrons. The molecule has 0 aromatic heterocycles. The fourth-order valence-corrected chi connectivity index (χ4v) is 3.56. The van der Waals surface area contributed by atoms with Gasteiger partial charge in [0.25, 0.3) is 0 Å². The van der Waals surface area contributed by atoms with Gasteiger partial charge in [0.1, 0.15) is 0 Å². The highest BCUT2D eigenvalue weighted by atomic mass is 35.5. The second-order valence-corrected chi connectivity index (χ2v) is 6.14. The first-order valence-corrected chi connectivity index (χ1v) is 7.79. The lowest BCUT2D eigenvalue weighted by molar-refractivity contribution is 0.0575. The number of hydrogen-bond donors (Lipinski definition) is 1. The summed E-state index contributed by atoms with van der Waals surface area (Å²) in [6.45, 7) is 1.82. The predicted octanol–water partition coefficient (Wildman–Crippen LogP) is 3.45. The summed E-state index contributed by atoms with van der Waals surface area (Å²) in [5.41, 5.74) is 0. The topological polar surface area (TPSA) is 21.3 Å². The highest BCUT2D eigenvalue weighted by Gasteiger charge is 2.22. The zero-order valence-electron chi connectivity index (χ0n) is 10.7. The van der Waals surface area contributed by atoms with E-state index < -0.39 is 0 Å². The van der Waals surface area contributed by atoms with Crippen molar-refractivity contribution in [1.82, 2.24) is 5.32 Å². The van der Waals surface area contributed by atoms with Gasteiger partial charge >= 0.3 is 0 Å². The SMILES string of the molecule is CNC(CSc1ccc(Cl)cc1)C1CCOCC1. The summed E-state index contributed by atoms with van der Waals surface area (Å²) in [5, 5.41) is 4.25. The third-order valence-corrected chi connectivity index (χ3v) is 4.83. The lowest BCUT2D eigenvalue weighted by Crippen LogP contribution is -2.38. The van der Waals surface area contributed by atoms with Gasteiger partial charge in [-0.2, -0.15) is 0 Å². The number of ether oxygens (including phenoxy) is 1. The zero-order chi connectivity index (χ0) is 12.8. The van der Waals surface area contributed by atoms with E-state index in [0.717, 1.165) is 29.9 Å². The van der Waals surface area contributed by atoms with Crippen molar-refractivity contribution in [3.8, 4) is 0 Å². The Bertz CT molecular complexity index is 351. The molecule has 2 nitrogen and oxygen atoms in total. The van der Waals surface area contributed by atoms with Gasteiger partial charge in [-0.05, 0) is 50.1 Å². The summed E-state index contributed by atoms with van der Waals surface area (Å²) >= 11 is 7.78. The first kappa shape index (κ1) is 14.2. The van der Waals surface area contributed by atoms with Crippen LogP contribution in [0.3, 0.4) is 0 Å².